The summed E-state index contributed by atoms with van der Waals surface area (Å²) in [7, 11) is 0. The summed E-state index contributed by atoms with van der Waals surface area (Å²) in [6.45, 7) is 7.81. The highest BCUT2D eigenvalue weighted by atomic mass is 15.3. The van der Waals surface area contributed by atoms with Crippen LogP contribution in [-0.4, -0.2) is 42.5 Å². The van der Waals surface area contributed by atoms with Crippen LogP contribution < -0.4 is 0 Å². The first kappa shape index (κ1) is 7.88. The molecular formula is C9H15N3. The van der Waals surface area contributed by atoms with Gasteiger partial charge in [-0.05, 0) is 19.5 Å². The van der Waals surface area contributed by atoms with E-state index in [4.69, 9.17) is 5.26 Å². The topological polar surface area (TPSA) is 30.3 Å². The predicted molar refractivity (Wildman–Crippen MR) is 46.4 cm³/mol. The van der Waals surface area contributed by atoms with Crippen molar-refractivity contribution >= 4 is 0 Å². The maximum Gasteiger partial charge on any atom is 0.179 e. The lowest BCUT2D eigenvalue weighted by atomic mass is 9.79. The Kier molecular flexibility index (Phi) is 1.73. The number of rotatable bonds is 1. The molecule has 0 amide bonds. The minimum atomic E-state index is 0.492. The summed E-state index contributed by atoms with van der Waals surface area (Å²) in [5, 5.41) is 8.62. The highest BCUT2D eigenvalue weighted by Gasteiger charge is 2.46. The van der Waals surface area contributed by atoms with Crippen molar-refractivity contribution in [3.63, 3.8) is 0 Å². The Morgan fingerprint density at radius 3 is 2.67 bits per heavy atom. The minimum absolute atomic E-state index is 0.492. The van der Waals surface area contributed by atoms with Gasteiger partial charge < -0.3 is 9.80 Å². The molecule has 0 aromatic heterocycles. The Morgan fingerprint density at radius 1 is 1.42 bits per heavy atom. The average molecular weight is 165 g/mol. The Bertz CT molecular complexity index is 212. The molecule has 2 fully saturated rings. The molecule has 1 spiro atoms. The zero-order chi connectivity index (χ0) is 8.60. The lowest BCUT2D eigenvalue weighted by molar-refractivity contribution is 0.0564. The maximum absolute atomic E-state index is 8.62. The molecule has 0 N–H and O–H groups in total. The van der Waals surface area contributed by atoms with Crippen LogP contribution in [0.2, 0.25) is 0 Å². The monoisotopic (exact) mass is 165 g/mol. The highest BCUT2D eigenvalue weighted by Crippen LogP contribution is 2.38. The van der Waals surface area contributed by atoms with Crippen molar-refractivity contribution in [2.45, 2.75) is 13.3 Å². The van der Waals surface area contributed by atoms with E-state index in [1.54, 1.807) is 0 Å². The van der Waals surface area contributed by atoms with E-state index in [1.807, 2.05) is 4.90 Å². The SMILES string of the molecule is CCN1CCC2(CN(C#N)C2)C1. The third-order valence-electron chi connectivity index (χ3n) is 3.16. The molecule has 0 bridgehead atoms. The maximum atomic E-state index is 8.62. The Hall–Kier alpha value is -0.750. The second-order valence-electron chi connectivity index (χ2n) is 4.07. The van der Waals surface area contributed by atoms with E-state index >= 15 is 0 Å². The van der Waals surface area contributed by atoms with Crippen LogP contribution in [-0.2, 0) is 0 Å². The first-order valence-electron chi connectivity index (χ1n) is 4.65. The second kappa shape index (κ2) is 2.63. The van der Waals surface area contributed by atoms with Gasteiger partial charge in [-0.25, -0.2) is 0 Å². The summed E-state index contributed by atoms with van der Waals surface area (Å²) in [5.74, 6) is 0. The molecule has 0 aliphatic carbocycles. The van der Waals surface area contributed by atoms with E-state index in [0.29, 0.717) is 5.41 Å². The molecule has 0 aromatic rings. The molecule has 3 heteroatoms. The number of hydrogen-bond donors (Lipinski definition) is 0. The first-order valence-corrected chi connectivity index (χ1v) is 4.65. The Labute approximate surface area is 73.6 Å². The van der Waals surface area contributed by atoms with Crippen LogP contribution in [0.15, 0.2) is 0 Å². The van der Waals surface area contributed by atoms with E-state index in [9.17, 15) is 0 Å². The summed E-state index contributed by atoms with van der Waals surface area (Å²) in [5.41, 5.74) is 0.492. The van der Waals surface area contributed by atoms with Gasteiger partial charge in [0.05, 0.1) is 0 Å². The summed E-state index contributed by atoms with van der Waals surface area (Å²) >= 11 is 0. The molecule has 2 saturated heterocycles. The van der Waals surface area contributed by atoms with Crippen molar-refractivity contribution in [3.05, 3.63) is 0 Å². The van der Waals surface area contributed by atoms with E-state index in [1.165, 1.54) is 19.5 Å². The third kappa shape index (κ3) is 1.07. The number of likely N-dealkylation sites (tertiary alicyclic amines) is 2. The van der Waals surface area contributed by atoms with E-state index in [-0.39, 0.29) is 0 Å². The zero-order valence-electron chi connectivity index (χ0n) is 7.58. The van der Waals surface area contributed by atoms with Gasteiger partial charge in [-0.2, -0.15) is 5.26 Å². The summed E-state index contributed by atoms with van der Waals surface area (Å²) < 4.78 is 0. The quantitative estimate of drug-likeness (QED) is 0.530. The van der Waals surface area contributed by atoms with Gasteiger partial charge in [0.2, 0.25) is 0 Å². The zero-order valence-corrected chi connectivity index (χ0v) is 7.58. The van der Waals surface area contributed by atoms with Crippen molar-refractivity contribution in [2.24, 2.45) is 5.41 Å². The molecule has 0 unspecified atom stereocenters. The van der Waals surface area contributed by atoms with Gasteiger partial charge in [0.15, 0.2) is 6.19 Å². The first-order chi connectivity index (χ1) is 5.78. The third-order valence-corrected chi connectivity index (χ3v) is 3.16. The molecule has 0 atom stereocenters. The van der Waals surface area contributed by atoms with Crippen LogP contribution >= 0.6 is 0 Å². The molecule has 2 aliphatic heterocycles. The summed E-state index contributed by atoms with van der Waals surface area (Å²) in [6, 6.07) is 0. The fourth-order valence-corrected chi connectivity index (χ4v) is 2.39. The normalized spacial score (nSPS) is 27.2. The van der Waals surface area contributed by atoms with E-state index in [0.717, 1.165) is 19.6 Å². The van der Waals surface area contributed by atoms with E-state index in [2.05, 4.69) is 18.0 Å². The van der Waals surface area contributed by atoms with Gasteiger partial charge in [0, 0.05) is 25.0 Å². The fraction of sp³-hybridized carbons (Fsp3) is 0.889. The molecule has 66 valence electrons. The molecule has 2 heterocycles. The highest BCUT2D eigenvalue weighted by molar-refractivity contribution is 5.04. The smallest absolute Gasteiger partial charge is 0.179 e. The van der Waals surface area contributed by atoms with Crippen LogP contribution in [0.4, 0.5) is 0 Å². The summed E-state index contributed by atoms with van der Waals surface area (Å²) in [6.07, 6.45) is 3.49. The Balaban J connectivity index is 1.89. The van der Waals surface area contributed by atoms with E-state index < -0.39 is 0 Å². The van der Waals surface area contributed by atoms with Crippen molar-refractivity contribution < 1.29 is 0 Å². The predicted octanol–water partition coefficient (Wildman–Crippen LogP) is 0.495. The van der Waals surface area contributed by atoms with Gasteiger partial charge in [0.1, 0.15) is 0 Å². The lowest BCUT2D eigenvalue weighted by Gasteiger charge is -2.44. The van der Waals surface area contributed by atoms with Gasteiger partial charge in [-0.15, -0.1) is 0 Å². The van der Waals surface area contributed by atoms with Crippen molar-refractivity contribution in [1.82, 2.24) is 9.80 Å². The van der Waals surface area contributed by atoms with Crippen LogP contribution in [0.1, 0.15) is 13.3 Å². The minimum Gasteiger partial charge on any atom is -0.309 e. The number of hydrogen-bond acceptors (Lipinski definition) is 3. The van der Waals surface area contributed by atoms with Gasteiger partial charge in [-0.1, -0.05) is 6.92 Å². The van der Waals surface area contributed by atoms with Gasteiger partial charge >= 0.3 is 0 Å². The van der Waals surface area contributed by atoms with Crippen LogP contribution in [0.25, 0.3) is 0 Å². The molecule has 2 rings (SSSR count). The molecule has 0 aromatic carbocycles. The largest absolute Gasteiger partial charge is 0.309 e. The van der Waals surface area contributed by atoms with Crippen molar-refractivity contribution in [3.8, 4) is 6.19 Å². The Morgan fingerprint density at radius 2 is 2.17 bits per heavy atom. The molecule has 12 heavy (non-hydrogen) atoms. The van der Waals surface area contributed by atoms with Crippen LogP contribution in [0.3, 0.4) is 0 Å². The van der Waals surface area contributed by atoms with Crippen LogP contribution in [0, 0.1) is 16.9 Å². The molecule has 3 nitrogen and oxygen atoms in total. The van der Waals surface area contributed by atoms with Gasteiger partial charge in [-0.3, -0.25) is 0 Å². The lowest BCUT2D eigenvalue weighted by Crippen LogP contribution is -2.55. The number of nitrogens with zero attached hydrogens (tertiary/aromatic N) is 3. The molecular weight excluding hydrogens is 150 g/mol. The molecule has 2 aliphatic rings. The molecule has 0 radical (unpaired) electrons. The average Bonchev–Trinajstić information content (AvgIpc) is 2.45. The van der Waals surface area contributed by atoms with Gasteiger partial charge in [0.25, 0.3) is 0 Å². The van der Waals surface area contributed by atoms with Crippen molar-refractivity contribution in [1.29, 1.82) is 5.26 Å². The fourth-order valence-electron chi connectivity index (χ4n) is 2.39. The molecule has 0 saturated carbocycles. The summed E-state index contributed by atoms with van der Waals surface area (Å²) in [4.78, 5) is 4.34. The van der Waals surface area contributed by atoms with Crippen LogP contribution in [0.5, 0.6) is 0 Å². The van der Waals surface area contributed by atoms with Crippen molar-refractivity contribution in [2.75, 3.05) is 32.7 Å². The number of nitriles is 1. The second-order valence-corrected chi connectivity index (χ2v) is 4.07. The standard InChI is InChI=1S/C9H15N3/c1-2-11-4-3-9(5-11)6-12(7-9)8-10/h2-7H2,1H3.